The van der Waals surface area contributed by atoms with Gasteiger partial charge in [0, 0.05) is 97.9 Å². The summed E-state index contributed by atoms with van der Waals surface area (Å²) in [5.74, 6) is 1.51. The molecule has 10 aromatic carbocycles. The van der Waals surface area contributed by atoms with Crippen LogP contribution >= 0.6 is 0 Å². The van der Waals surface area contributed by atoms with E-state index in [1.807, 2.05) is 12.1 Å². The van der Waals surface area contributed by atoms with Gasteiger partial charge in [-0.1, -0.05) is 151 Å². The van der Waals surface area contributed by atoms with Crippen LogP contribution in [0, 0.1) is 12.1 Å². The molecule has 0 spiro atoms. The topological polar surface area (TPSA) is 58.4 Å². The molecule has 0 saturated heterocycles. The van der Waals surface area contributed by atoms with Crippen molar-refractivity contribution in [3.05, 3.63) is 237 Å². The van der Waals surface area contributed by atoms with E-state index in [0.717, 1.165) is 115 Å². The summed E-state index contributed by atoms with van der Waals surface area (Å²) in [5.41, 5.74) is 12.6. The second kappa shape index (κ2) is 16.3. The van der Waals surface area contributed by atoms with Gasteiger partial charge in [0.15, 0.2) is 5.82 Å². The van der Waals surface area contributed by atoms with Gasteiger partial charge in [0.1, 0.15) is 0 Å². The van der Waals surface area contributed by atoms with E-state index >= 15 is 0 Å². The second-order valence-electron chi connectivity index (χ2n) is 17.8. The number of benzene rings is 10. The molecule has 15 aromatic rings. The van der Waals surface area contributed by atoms with Gasteiger partial charge in [0.2, 0.25) is 11.9 Å². The molecular weight excluding hydrogens is 944 g/mol. The van der Waals surface area contributed by atoms with Crippen LogP contribution in [-0.4, -0.2) is 33.2 Å². The van der Waals surface area contributed by atoms with Crippen LogP contribution in [0.3, 0.4) is 0 Å². The molecule has 71 heavy (non-hydrogen) atoms. The minimum Gasteiger partial charge on any atom is -0.359 e. The molecular formula is C63H37N7Y-2. The van der Waals surface area contributed by atoms with Gasteiger partial charge < -0.3 is 9.13 Å². The Morgan fingerprint density at radius 2 is 0.634 bits per heavy atom. The first kappa shape index (κ1) is 41.5. The van der Waals surface area contributed by atoms with E-state index in [1.165, 1.54) is 0 Å². The van der Waals surface area contributed by atoms with E-state index in [2.05, 4.69) is 243 Å². The molecule has 0 saturated carbocycles. The summed E-state index contributed by atoms with van der Waals surface area (Å²) in [6, 6.07) is 86.6. The van der Waals surface area contributed by atoms with Crippen molar-refractivity contribution in [3.63, 3.8) is 0 Å². The first-order valence-electron chi connectivity index (χ1n) is 23.5. The van der Waals surface area contributed by atoms with E-state index in [1.54, 1.807) is 0 Å². The number of hydrogen-bond acceptors (Lipinski definition) is 3. The van der Waals surface area contributed by atoms with Crippen LogP contribution in [-0.2, 0) is 32.7 Å². The zero-order valence-corrected chi connectivity index (χ0v) is 40.9. The summed E-state index contributed by atoms with van der Waals surface area (Å²) in [6.07, 6.45) is 0. The van der Waals surface area contributed by atoms with Gasteiger partial charge in [-0.2, -0.15) is 45.3 Å². The minimum absolute atomic E-state index is 0. The summed E-state index contributed by atoms with van der Waals surface area (Å²) in [4.78, 5) is 17.2. The van der Waals surface area contributed by atoms with Crippen LogP contribution in [0.1, 0.15) is 0 Å². The van der Waals surface area contributed by atoms with Crippen molar-refractivity contribution >= 4 is 87.2 Å². The molecule has 0 aliphatic rings. The number of hydrogen-bond donors (Lipinski definition) is 0. The van der Waals surface area contributed by atoms with Gasteiger partial charge in [-0.05, 0) is 59.8 Å². The van der Waals surface area contributed by atoms with Crippen LogP contribution < -0.4 is 0 Å². The van der Waals surface area contributed by atoms with Crippen LogP contribution in [0.2, 0.25) is 0 Å². The average molecular weight is 981 g/mol. The smallest absolute Gasteiger partial charge is 0.240 e. The summed E-state index contributed by atoms with van der Waals surface area (Å²) in [6.45, 7) is 0. The molecule has 8 heteroatoms. The van der Waals surface area contributed by atoms with Crippen LogP contribution in [0.4, 0.5) is 0 Å². The van der Waals surface area contributed by atoms with E-state index in [-0.39, 0.29) is 32.7 Å². The third-order valence-electron chi connectivity index (χ3n) is 14.1. The Morgan fingerprint density at radius 1 is 0.310 bits per heavy atom. The predicted molar refractivity (Wildman–Crippen MR) is 286 cm³/mol. The fraction of sp³-hybridized carbons (Fsp3) is 0. The number of fused-ring (bicyclic) bond motifs is 12. The molecule has 0 N–H and O–H groups in total. The second-order valence-corrected chi connectivity index (χ2v) is 17.8. The molecule has 0 unspecified atom stereocenters. The third kappa shape index (κ3) is 6.13. The molecule has 0 fully saturated rings. The molecule has 329 valence electrons. The zero-order valence-electron chi connectivity index (χ0n) is 38.1. The maximum absolute atomic E-state index is 5.79. The number of rotatable bonds is 6. The first-order chi connectivity index (χ1) is 34.8. The standard InChI is InChI=1S/C63H37N7.Y/c1-2-20-40(21-3-1)41-38-39-58(67-50-30-12-4-22-42(50)43-23-5-13-31-51(43)67)59(60(41)68-52-32-14-6-24-44(52)45-25-7-15-33-53(45)68)61-64-62(69-54-34-16-8-26-46(54)47-27-9-17-35-55(47)69)66-63(65-61)70-56-36-18-10-28-48(56)49-29-11-19-37-57(49)70;/h1-20,22-37,39H;/q-2;. The van der Waals surface area contributed by atoms with E-state index < -0.39 is 0 Å². The van der Waals surface area contributed by atoms with Crippen molar-refractivity contribution in [2.75, 3.05) is 0 Å². The maximum atomic E-state index is 5.79. The molecule has 7 nitrogen and oxygen atoms in total. The minimum atomic E-state index is 0. The Balaban J connectivity index is 0.00000470. The molecule has 5 heterocycles. The fourth-order valence-corrected chi connectivity index (χ4v) is 11.2. The van der Waals surface area contributed by atoms with Crippen molar-refractivity contribution in [2.24, 2.45) is 0 Å². The quantitative estimate of drug-likeness (QED) is 0.156. The van der Waals surface area contributed by atoms with Gasteiger partial charge in [-0.3, -0.25) is 9.13 Å². The van der Waals surface area contributed by atoms with E-state index in [4.69, 9.17) is 15.0 Å². The van der Waals surface area contributed by atoms with Gasteiger partial charge in [-0.25, -0.2) is 11.1 Å². The van der Waals surface area contributed by atoms with Crippen LogP contribution in [0.5, 0.6) is 0 Å². The first-order valence-corrected chi connectivity index (χ1v) is 23.5. The molecule has 5 aromatic heterocycles. The van der Waals surface area contributed by atoms with E-state index in [9.17, 15) is 0 Å². The largest absolute Gasteiger partial charge is 0.359 e. The van der Waals surface area contributed by atoms with Gasteiger partial charge in [-0.15, -0.1) is 12.1 Å². The van der Waals surface area contributed by atoms with Gasteiger partial charge in [0.25, 0.3) is 0 Å². The number of aromatic nitrogens is 7. The Hall–Kier alpha value is -8.49. The van der Waals surface area contributed by atoms with E-state index in [0.29, 0.717) is 17.7 Å². The van der Waals surface area contributed by atoms with Crippen molar-refractivity contribution in [3.8, 4) is 45.8 Å². The molecule has 0 aliphatic carbocycles. The Bertz CT molecular complexity index is 4270. The van der Waals surface area contributed by atoms with Crippen LogP contribution in [0.15, 0.2) is 224 Å². The maximum Gasteiger partial charge on any atom is 0.240 e. The van der Waals surface area contributed by atoms with Crippen molar-refractivity contribution in [1.82, 2.24) is 33.2 Å². The molecule has 15 rings (SSSR count). The summed E-state index contributed by atoms with van der Waals surface area (Å²) in [5, 5.41) is 9.05. The third-order valence-corrected chi connectivity index (χ3v) is 14.1. The van der Waals surface area contributed by atoms with Crippen molar-refractivity contribution < 1.29 is 32.7 Å². The zero-order chi connectivity index (χ0) is 45.9. The molecule has 0 aliphatic heterocycles. The van der Waals surface area contributed by atoms with Crippen molar-refractivity contribution in [1.29, 1.82) is 0 Å². The predicted octanol–water partition coefficient (Wildman–Crippen LogP) is 15.2. The summed E-state index contributed by atoms with van der Waals surface area (Å²) < 4.78 is 9.17. The summed E-state index contributed by atoms with van der Waals surface area (Å²) in [7, 11) is 0. The molecule has 0 amide bonds. The number of nitrogens with zero attached hydrogens (tertiary/aromatic N) is 7. The van der Waals surface area contributed by atoms with Crippen molar-refractivity contribution in [2.45, 2.75) is 0 Å². The Kier molecular flexibility index (Phi) is 9.53. The number of para-hydroxylation sites is 8. The van der Waals surface area contributed by atoms with Gasteiger partial charge >= 0.3 is 0 Å². The Labute approximate surface area is 432 Å². The van der Waals surface area contributed by atoms with Gasteiger partial charge in [0.05, 0.1) is 22.1 Å². The Morgan fingerprint density at radius 3 is 0.986 bits per heavy atom. The fourth-order valence-electron chi connectivity index (χ4n) is 11.2. The molecule has 0 bridgehead atoms. The SMILES string of the molecule is [Y].[c-]1ccccc1-c1[c-]cc(-n2c3ccccc3c3ccccc32)c(-c2nc(-n3c4ccccc4c4ccccc43)nc(-n3c4ccccc4c4ccccc43)n2)c1-n1c2ccccc2c2ccccc21. The normalized spacial score (nSPS) is 11.8. The average Bonchev–Trinajstić information content (AvgIpc) is 4.16. The molecule has 0 atom stereocenters. The molecule has 1 radical (unpaired) electrons. The summed E-state index contributed by atoms with van der Waals surface area (Å²) >= 11 is 0. The van der Waals surface area contributed by atoms with Crippen LogP contribution in [0.25, 0.3) is 133 Å². The monoisotopic (exact) mass is 980 g/mol.